The highest BCUT2D eigenvalue weighted by Crippen LogP contribution is 2.26. The summed E-state index contributed by atoms with van der Waals surface area (Å²) in [5, 5.41) is 2.57. The lowest BCUT2D eigenvalue weighted by Crippen LogP contribution is -2.39. The number of ether oxygens (including phenoxy) is 1. The van der Waals surface area contributed by atoms with Crippen LogP contribution in [0.25, 0.3) is 11.3 Å². The summed E-state index contributed by atoms with van der Waals surface area (Å²) in [5.41, 5.74) is 4.75. The molecule has 0 unspecified atom stereocenters. The van der Waals surface area contributed by atoms with Crippen molar-refractivity contribution in [1.29, 1.82) is 0 Å². The summed E-state index contributed by atoms with van der Waals surface area (Å²) in [5.74, 6) is 0.513. The van der Waals surface area contributed by atoms with Crippen LogP contribution in [0.1, 0.15) is 33.7 Å². The molecule has 1 atom stereocenters. The minimum atomic E-state index is -0.215. The van der Waals surface area contributed by atoms with Crippen molar-refractivity contribution in [2.24, 2.45) is 0 Å². The minimum Gasteiger partial charge on any atom is -0.368 e. The molecule has 4 rings (SSSR count). The van der Waals surface area contributed by atoms with Crippen LogP contribution in [0.15, 0.2) is 42.6 Å². The first-order valence-corrected chi connectivity index (χ1v) is 9.88. The van der Waals surface area contributed by atoms with E-state index in [0.717, 1.165) is 40.8 Å². The number of hydrogen-bond acceptors (Lipinski definition) is 7. The van der Waals surface area contributed by atoms with E-state index in [1.807, 2.05) is 44.2 Å². The van der Waals surface area contributed by atoms with Crippen LogP contribution < -0.4 is 10.2 Å². The summed E-state index contributed by atoms with van der Waals surface area (Å²) in [6.07, 6.45) is 1.48. The number of morpholine rings is 1. The highest BCUT2D eigenvalue weighted by atomic mass is 16.5. The van der Waals surface area contributed by atoms with Crippen molar-refractivity contribution in [2.45, 2.75) is 20.0 Å². The fraction of sp³-hybridized carbons (Fsp3) is 0.318. The van der Waals surface area contributed by atoms with Crippen LogP contribution in [0, 0.1) is 13.8 Å². The fourth-order valence-electron chi connectivity index (χ4n) is 3.46. The summed E-state index contributed by atoms with van der Waals surface area (Å²) in [7, 11) is 1.58. The number of carbonyl (C=O) groups is 1. The maximum atomic E-state index is 11.7. The topological polar surface area (TPSA) is 93.1 Å². The molecule has 1 aliphatic heterocycles. The molecule has 30 heavy (non-hydrogen) atoms. The van der Waals surface area contributed by atoms with E-state index < -0.39 is 0 Å². The average Bonchev–Trinajstić information content (AvgIpc) is 2.78. The number of amides is 1. The molecule has 0 aliphatic carbocycles. The molecule has 1 saturated heterocycles. The monoisotopic (exact) mass is 404 g/mol. The van der Waals surface area contributed by atoms with E-state index in [2.05, 4.69) is 25.2 Å². The predicted molar refractivity (Wildman–Crippen MR) is 113 cm³/mol. The third kappa shape index (κ3) is 4.28. The molecule has 154 valence electrons. The van der Waals surface area contributed by atoms with E-state index >= 15 is 0 Å². The maximum absolute atomic E-state index is 11.7. The number of nitrogens with zero attached hydrogens (tertiary/aromatic N) is 5. The van der Waals surface area contributed by atoms with Crippen molar-refractivity contribution in [3.8, 4) is 11.3 Å². The van der Waals surface area contributed by atoms with Gasteiger partial charge in [-0.3, -0.25) is 9.78 Å². The third-order valence-electron chi connectivity index (χ3n) is 4.94. The van der Waals surface area contributed by atoms with Gasteiger partial charge in [0.15, 0.2) is 0 Å². The van der Waals surface area contributed by atoms with Gasteiger partial charge < -0.3 is 15.0 Å². The maximum Gasteiger partial charge on any atom is 0.269 e. The lowest BCUT2D eigenvalue weighted by Gasteiger charge is -2.33. The van der Waals surface area contributed by atoms with Crippen LogP contribution in [0.3, 0.4) is 0 Å². The molecule has 0 bridgehead atoms. The molecule has 8 heteroatoms. The van der Waals surface area contributed by atoms with Gasteiger partial charge in [0.2, 0.25) is 5.95 Å². The van der Waals surface area contributed by atoms with Gasteiger partial charge in [0, 0.05) is 36.7 Å². The zero-order valence-corrected chi connectivity index (χ0v) is 17.3. The van der Waals surface area contributed by atoms with Crippen LogP contribution in [0.2, 0.25) is 0 Å². The van der Waals surface area contributed by atoms with Gasteiger partial charge in [0.1, 0.15) is 11.8 Å². The van der Waals surface area contributed by atoms with Gasteiger partial charge in [-0.2, -0.15) is 0 Å². The molecule has 1 N–H and O–H groups in total. The molecule has 0 radical (unpaired) electrons. The van der Waals surface area contributed by atoms with Crippen LogP contribution in [-0.2, 0) is 4.74 Å². The molecule has 0 aromatic carbocycles. The van der Waals surface area contributed by atoms with Gasteiger partial charge in [-0.05, 0) is 44.2 Å². The molecule has 3 aromatic heterocycles. The number of hydrogen-bond donors (Lipinski definition) is 1. The molecular weight excluding hydrogens is 380 g/mol. The zero-order chi connectivity index (χ0) is 21.1. The van der Waals surface area contributed by atoms with E-state index in [0.29, 0.717) is 18.8 Å². The van der Waals surface area contributed by atoms with Crippen LogP contribution >= 0.6 is 0 Å². The van der Waals surface area contributed by atoms with Gasteiger partial charge in [-0.15, -0.1) is 0 Å². The molecule has 1 aliphatic rings. The fourth-order valence-corrected chi connectivity index (χ4v) is 3.46. The van der Waals surface area contributed by atoms with Crippen molar-refractivity contribution in [3.63, 3.8) is 0 Å². The first-order chi connectivity index (χ1) is 14.5. The molecular formula is C22H24N6O2. The quantitative estimate of drug-likeness (QED) is 0.714. The van der Waals surface area contributed by atoms with Crippen LogP contribution in [-0.4, -0.2) is 52.6 Å². The first kappa shape index (κ1) is 19.9. The summed E-state index contributed by atoms with van der Waals surface area (Å²) in [6, 6.07) is 11.4. The Morgan fingerprint density at radius 3 is 2.63 bits per heavy atom. The lowest BCUT2D eigenvalue weighted by molar-refractivity contribution is 0.0365. The molecule has 3 aromatic rings. The summed E-state index contributed by atoms with van der Waals surface area (Å²) >= 11 is 0. The van der Waals surface area contributed by atoms with Gasteiger partial charge >= 0.3 is 0 Å². The summed E-state index contributed by atoms with van der Waals surface area (Å²) in [4.78, 5) is 32.0. The number of aryl methyl sites for hydroxylation is 2. The Labute approximate surface area is 175 Å². The Balaban J connectivity index is 1.55. The number of carbonyl (C=O) groups excluding carboxylic acids is 1. The lowest BCUT2D eigenvalue weighted by atomic mass is 10.1. The number of anilines is 1. The van der Waals surface area contributed by atoms with E-state index in [4.69, 9.17) is 9.72 Å². The second-order valence-electron chi connectivity index (χ2n) is 7.22. The second-order valence-corrected chi connectivity index (χ2v) is 7.22. The van der Waals surface area contributed by atoms with Crippen LogP contribution in [0.4, 0.5) is 5.95 Å². The van der Waals surface area contributed by atoms with Gasteiger partial charge in [0.05, 0.1) is 24.5 Å². The Morgan fingerprint density at radius 1 is 1.13 bits per heavy atom. The molecule has 0 saturated carbocycles. The normalized spacial score (nSPS) is 16.4. The summed E-state index contributed by atoms with van der Waals surface area (Å²) in [6.45, 7) is 5.90. The highest BCUT2D eigenvalue weighted by molar-refractivity contribution is 5.92. The smallest absolute Gasteiger partial charge is 0.269 e. The Hall–Kier alpha value is -3.39. The average molecular weight is 404 g/mol. The highest BCUT2D eigenvalue weighted by Gasteiger charge is 2.25. The Bertz CT molecular complexity index is 1030. The number of nitrogens with one attached hydrogen (secondary N) is 1. The molecule has 8 nitrogen and oxygen atoms in total. The van der Waals surface area contributed by atoms with E-state index in [1.165, 1.54) is 0 Å². The number of rotatable bonds is 4. The summed E-state index contributed by atoms with van der Waals surface area (Å²) < 4.78 is 6.00. The largest absolute Gasteiger partial charge is 0.368 e. The van der Waals surface area contributed by atoms with E-state index in [1.54, 1.807) is 19.3 Å². The van der Waals surface area contributed by atoms with Crippen molar-refractivity contribution in [2.75, 3.05) is 31.6 Å². The van der Waals surface area contributed by atoms with Crippen molar-refractivity contribution < 1.29 is 9.53 Å². The van der Waals surface area contributed by atoms with E-state index in [9.17, 15) is 4.79 Å². The molecule has 0 spiro atoms. The van der Waals surface area contributed by atoms with E-state index in [-0.39, 0.29) is 12.0 Å². The SMILES string of the molecule is CNC(=O)c1ccc(-c2cccc([C@@H]3CN(c4nc(C)cc(C)n4)CCO3)n2)cn1. The van der Waals surface area contributed by atoms with Crippen LogP contribution in [0.5, 0.6) is 0 Å². The third-order valence-corrected chi connectivity index (χ3v) is 4.94. The molecule has 1 amide bonds. The Kier molecular flexibility index (Phi) is 5.67. The van der Waals surface area contributed by atoms with Gasteiger partial charge in [-0.25, -0.2) is 15.0 Å². The Morgan fingerprint density at radius 2 is 1.93 bits per heavy atom. The second kappa shape index (κ2) is 8.54. The molecule has 1 fully saturated rings. The predicted octanol–water partition coefficient (Wildman–Crippen LogP) is 2.49. The number of pyridine rings is 2. The minimum absolute atomic E-state index is 0.179. The standard InChI is InChI=1S/C22H24N6O2/c1-14-11-15(2)26-22(25-14)28-9-10-30-20(13-28)18-6-4-5-17(27-18)16-7-8-19(24-12-16)21(29)23-3/h4-8,11-12,20H,9-10,13H2,1-3H3,(H,23,29)/t20-/m0/s1. The van der Waals surface area contributed by atoms with Crippen molar-refractivity contribution in [3.05, 3.63) is 65.4 Å². The number of aromatic nitrogens is 4. The van der Waals surface area contributed by atoms with Crippen molar-refractivity contribution >= 4 is 11.9 Å². The van der Waals surface area contributed by atoms with Crippen molar-refractivity contribution in [1.82, 2.24) is 25.3 Å². The molecule has 4 heterocycles. The van der Waals surface area contributed by atoms with Gasteiger partial charge in [0.25, 0.3) is 5.91 Å². The van der Waals surface area contributed by atoms with Gasteiger partial charge in [-0.1, -0.05) is 6.07 Å². The zero-order valence-electron chi connectivity index (χ0n) is 17.3. The first-order valence-electron chi connectivity index (χ1n) is 9.88.